The van der Waals surface area contributed by atoms with Gasteiger partial charge in [0.2, 0.25) is 0 Å². The molecule has 1 rings (SSSR count). The Hall–Kier alpha value is -0.900. The van der Waals surface area contributed by atoms with Crippen LogP contribution in [0.15, 0.2) is 24.3 Å². The Kier molecular flexibility index (Phi) is 4.75. The zero-order valence-corrected chi connectivity index (χ0v) is 10.1. The van der Waals surface area contributed by atoms with E-state index in [0.29, 0.717) is 16.9 Å². The van der Waals surface area contributed by atoms with Gasteiger partial charge in [0.05, 0.1) is 0 Å². The summed E-state index contributed by atoms with van der Waals surface area (Å²) in [5.41, 5.74) is 0.359. The van der Waals surface area contributed by atoms with Crippen LogP contribution in [0.1, 0.15) is 23.7 Å². The Morgan fingerprint density at radius 2 is 2.33 bits per heavy atom. The second-order valence-corrected chi connectivity index (χ2v) is 4.90. The van der Waals surface area contributed by atoms with Gasteiger partial charge in [0.25, 0.3) is 5.91 Å². The van der Waals surface area contributed by atoms with Gasteiger partial charge in [0.15, 0.2) is 0 Å². The van der Waals surface area contributed by atoms with Gasteiger partial charge in [0, 0.05) is 16.9 Å². The average molecular weight is 274 g/mol. The van der Waals surface area contributed by atoms with Crippen molar-refractivity contribution >= 4 is 21.8 Å². The Morgan fingerprint density at radius 1 is 1.60 bits per heavy atom. The number of benzene rings is 1. The molecule has 0 radical (unpaired) electrons. The summed E-state index contributed by atoms with van der Waals surface area (Å²) in [7, 11) is 0. The van der Waals surface area contributed by atoms with Crippen LogP contribution in [0.25, 0.3) is 0 Å². The first-order valence-electron chi connectivity index (χ1n) is 4.77. The van der Waals surface area contributed by atoms with E-state index in [-0.39, 0.29) is 5.91 Å². The minimum atomic E-state index is -0.392. The lowest BCUT2D eigenvalue weighted by molar-refractivity contribution is 0.0953. The molecule has 82 valence electrons. The second-order valence-electron chi connectivity index (χ2n) is 3.34. The molecular weight excluding hydrogens is 261 g/mol. The van der Waals surface area contributed by atoms with Crippen molar-refractivity contribution in [2.75, 3.05) is 6.54 Å². The summed E-state index contributed by atoms with van der Waals surface area (Å²) in [6, 6.07) is 5.66. The van der Waals surface area contributed by atoms with Gasteiger partial charge in [-0.1, -0.05) is 28.9 Å². The highest BCUT2D eigenvalue weighted by atomic mass is 79.9. The maximum absolute atomic E-state index is 12.8. The lowest BCUT2D eigenvalue weighted by Crippen LogP contribution is -2.25. The molecule has 0 aliphatic rings. The number of carbonyl (C=O) groups excluding carboxylic acids is 1. The van der Waals surface area contributed by atoms with E-state index in [1.54, 1.807) is 6.07 Å². The summed E-state index contributed by atoms with van der Waals surface area (Å²) < 4.78 is 12.8. The van der Waals surface area contributed by atoms with E-state index < -0.39 is 5.82 Å². The van der Waals surface area contributed by atoms with Crippen LogP contribution in [0, 0.1) is 5.82 Å². The SMILES string of the molecule is CC(Br)CCNC(=O)c1cccc(F)c1. The molecule has 0 fully saturated rings. The third-order valence-corrected chi connectivity index (χ3v) is 2.37. The van der Waals surface area contributed by atoms with Gasteiger partial charge in [-0.15, -0.1) is 0 Å². The molecule has 1 amide bonds. The summed E-state index contributed by atoms with van der Waals surface area (Å²) in [6.45, 7) is 2.59. The first-order chi connectivity index (χ1) is 7.09. The third kappa shape index (κ3) is 4.42. The molecule has 1 N–H and O–H groups in total. The van der Waals surface area contributed by atoms with Gasteiger partial charge < -0.3 is 5.32 Å². The summed E-state index contributed by atoms with van der Waals surface area (Å²) in [5.74, 6) is -0.626. The van der Waals surface area contributed by atoms with E-state index in [1.807, 2.05) is 6.92 Å². The van der Waals surface area contributed by atoms with Gasteiger partial charge in [-0.2, -0.15) is 0 Å². The van der Waals surface area contributed by atoms with Gasteiger partial charge in [-0.3, -0.25) is 4.79 Å². The van der Waals surface area contributed by atoms with Crippen molar-refractivity contribution in [2.24, 2.45) is 0 Å². The number of halogens is 2. The maximum Gasteiger partial charge on any atom is 0.251 e. The Labute approximate surface area is 97.0 Å². The predicted octanol–water partition coefficient (Wildman–Crippen LogP) is 2.73. The zero-order chi connectivity index (χ0) is 11.3. The van der Waals surface area contributed by atoms with Gasteiger partial charge in [-0.25, -0.2) is 4.39 Å². The monoisotopic (exact) mass is 273 g/mol. The quantitative estimate of drug-likeness (QED) is 0.840. The van der Waals surface area contributed by atoms with Crippen molar-refractivity contribution in [1.29, 1.82) is 0 Å². The molecule has 0 aromatic heterocycles. The average Bonchev–Trinajstić information content (AvgIpc) is 2.17. The highest BCUT2D eigenvalue weighted by molar-refractivity contribution is 9.09. The number of alkyl halides is 1. The molecule has 1 aromatic carbocycles. The largest absolute Gasteiger partial charge is 0.352 e. The number of amides is 1. The van der Waals surface area contributed by atoms with Crippen molar-refractivity contribution in [3.8, 4) is 0 Å². The molecule has 0 saturated carbocycles. The van der Waals surface area contributed by atoms with E-state index in [0.717, 1.165) is 6.42 Å². The van der Waals surface area contributed by atoms with Crippen LogP contribution in [-0.4, -0.2) is 17.3 Å². The molecule has 0 aliphatic carbocycles. The van der Waals surface area contributed by atoms with Crippen LogP contribution in [-0.2, 0) is 0 Å². The topological polar surface area (TPSA) is 29.1 Å². The van der Waals surface area contributed by atoms with E-state index in [9.17, 15) is 9.18 Å². The van der Waals surface area contributed by atoms with Crippen LogP contribution in [0.2, 0.25) is 0 Å². The fourth-order valence-electron chi connectivity index (χ4n) is 1.12. The van der Waals surface area contributed by atoms with Crippen molar-refractivity contribution < 1.29 is 9.18 Å². The second kappa shape index (κ2) is 5.85. The molecule has 0 saturated heterocycles. The Balaban J connectivity index is 2.47. The van der Waals surface area contributed by atoms with Crippen LogP contribution in [0.4, 0.5) is 4.39 Å². The normalized spacial score (nSPS) is 12.2. The van der Waals surface area contributed by atoms with E-state index >= 15 is 0 Å². The Morgan fingerprint density at radius 3 is 2.93 bits per heavy atom. The lowest BCUT2D eigenvalue weighted by atomic mass is 10.2. The molecule has 15 heavy (non-hydrogen) atoms. The highest BCUT2D eigenvalue weighted by Gasteiger charge is 2.05. The van der Waals surface area contributed by atoms with Crippen LogP contribution < -0.4 is 5.32 Å². The molecule has 4 heteroatoms. The molecular formula is C11H13BrFNO. The predicted molar refractivity (Wildman–Crippen MR) is 61.7 cm³/mol. The van der Waals surface area contributed by atoms with Crippen LogP contribution in [0.5, 0.6) is 0 Å². The first-order valence-corrected chi connectivity index (χ1v) is 5.69. The van der Waals surface area contributed by atoms with Crippen LogP contribution in [0.3, 0.4) is 0 Å². The minimum Gasteiger partial charge on any atom is -0.352 e. The minimum absolute atomic E-state index is 0.234. The number of hydrogen-bond donors (Lipinski definition) is 1. The smallest absolute Gasteiger partial charge is 0.251 e. The molecule has 1 atom stereocenters. The lowest BCUT2D eigenvalue weighted by Gasteiger charge is -2.06. The summed E-state index contributed by atoms with van der Waals surface area (Å²) >= 11 is 3.38. The molecule has 0 spiro atoms. The summed E-state index contributed by atoms with van der Waals surface area (Å²) in [4.78, 5) is 11.9. The molecule has 0 heterocycles. The van der Waals surface area contributed by atoms with E-state index in [1.165, 1.54) is 18.2 Å². The van der Waals surface area contributed by atoms with Crippen molar-refractivity contribution in [2.45, 2.75) is 18.2 Å². The van der Waals surface area contributed by atoms with E-state index in [4.69, 9.17) is 0 Å². The summed E-state index contributed by atoms with van der Waals surface area (Å²) in [6.07, 6.45) is 0.848. The van der Waals surface area contributed by atoms with Crippen molar-refractivity contribution in [3.05, 3.63) is 35.6 Å². The van der Waals surface area contributed by atoms with Crippen LogP contribution >= 0.6 is 15.9 Å². The molecule has 0 bridgehead atoms. The summed E-state index contributed by atoms with van der Waals surface area (Å²) in [5, 5.41) is 2.72. The van der Waals surface area contributed by atoms with Gasteiger partial charge in [0.1, 0.15) is 5.82 Å². The molecule has 0 aliphatic heterocycles. The standard InChI is InChI=1S/C11H13BrFNO/c1-8(12)5-6-14-11(15)9-3-2-4-10(13)7-9/h2-4,7-8H,5-6H2,1H3,(H,14,15). The Bertz CT molecular complexity index is 341. The zero-order valence-electron chi connectivity index (χ0n) is 8.47. The molecule has 1 aromatic rings. The van der Waals surface area contributed by atoms with E-state index in [2.05, 4.69) is 21.2 Å². The van der Waals surface area contributed by atoms with Gasteiger partial charge in [-0.05, 0) is 24.6 Å². The fraction of sp³-hybridized carbons (Fsp3) is 0.364. The highest BCUT2D eigenvalue weighted by Crippen LogP contribution is 2.04. The maximum atomic E-state index is 12.8. The fourth-order valence-corrected chi connectivity index (χ4v) is 1.35. The number of hydrogen-bond acceptors (Lipinski definition) is 1. The number of carbonyl (C=O) groups is 1. The number of nitrogens with one attached hydrogen (secondary N) is 1. The van der Waals surface area contributed by atoms with Crippen molar-refractivity contribution in [1.82, 2.24) is 5.32 Å². The molecule has 2 nitrogen and oxygen atoms in total. The van der Waals surface area contributed by atoms with Gasteiger partial charge >= 0.3 is 0 Å². The third-order valence-electron chi connectivity index (χ3n) is 1.91. The van der Waals surface area contributed by atoms with Crippen molar-refractivity contribution in [3.63, 3.8) is 0 Å². The molecule has 1 unspecified atom stereocenters. The number of rotatable bonds is 4. The first kappa shape index (κ1) is 12.2.